The summed E-state index contributed by atoms with van der Waals surface area (Å²) in [5.74, 6) is -1.26. The quantitative estimate of drug-likeness (QED) is 0.678. The molecule has 0 aliphatic rings. The normalized spacial score (nSPS) is 12.2. The van der Waals surface area contributed by atoms with Crippen LogP contribution >= 0.6 is 0 Å². The zero-order valence-corrected chi connectivity index (χ0v) is 15.2. The van der Waals surface area contributed by atoms with Crippen LogP contribution in [0.3, 0.4) is 0 Å². The number of hydrogen-bond acceptors (Lipinski definition) is 5. The Morgan fingerprint density at radius 2 is 1.85 bits per heavy atom. The maximum atomic E-state index is 12.9. The van der Waals surface area contributed by atoms with Crippen LogP contribution in [0.15, 0.2) is 44.4 Å². The summed E-state index contributed by atoms with van der Waals surface area (Å²) in [6, 6.07) is 6.76. The van der Waals surface area contributed by atoms with E-state index in [4.69, 9.17) is 9.52 Å². The molecule has 8 heteroatoms. The van der Waals surface area contributed by atoms with E-state index in [1.165, 1.54) is 37.4 Å². The average molecular weight is 375 g/mol. The fourth-order valence-corrected chi connectivity index (χ4v) is 3.58. The van der Waals surface area contributed by atoms with Crippen molar-refractivity contribution in [3.05, 3.63) is 51.7 Å². The lowest BCUT2D eigenvalue weighted by Crippen LogP contribution is -2.19. The second kappa shape index (κ2) is 6.22. The van der Waals surface area contributed by atoms with E-state index in [9.17, 15) is 18.0 Å². The van der Waals surface area contributed by atoms with E-state index in [2.05, 4.69) is 4.72 Å². The Morgan fingerprint density at radius 1 is 1.15 bits per heavy atom. The smallest absolute Gasteiger partial charge is 0.335 e. The van der Waals surface area contributed by atoms with Crippen LogP contribution < -0.4 is 10.2 Å². The van der Waals surface area contributed by atoms with Crippen molar-refractivity contribution in [1.82, 2.24) is 4.72 Å². The first-order valence-electron chi connectivity index (χ1n) is 7.87. The highest BCUT2D eigenvalue weighted by atomic mass is 32.2. The largest absolute Gasteiger partial charge is 0.478 e. The van der Waals surface area contributed by atoms with Gasteiger partial charge in [-0.1, -0.05) is 13.8 Å². The molecule has 0 fully saturated rings. The van der Waals surface area contributed by atoms with Crippen molar-refractivity contribution in [2.45, 2.75) is 24.7 Å². The van der Waals surface area contributed by atoms with Crippen LogP contribution in [0.25, 0.3) is 21.9 Å². The monoisotopic (exact) mass is 375 g/mol. The first kappa shape index (κ1) is 18.1. The summed E-state index contributed by atoms with van der Waals surface area (Å²) < 4.78 is 32.5. The van der Waals surface area contributed by atoms with Crippen LogP contribution in [0, 0.1) is 0 Å². The number of carboxylic acid groups (broad SMARTS) is 1. The molecule has 0 radical (unpaired) electrons. The molecule has 1 aromatic heterocycles. The van der Waals surface area contributed by atoms with Gasteiger partial charge in [-0.15, -0.1) is 0 Å². The Balaban J connectivity index is 2.50. The fourth-order valence-electron chi connectivity index (χ4n) is 2.79. The van der Waals surface area contributed by atoms with E-state index in [1.54, 1.807) is 0 Å². The van der Waals surface area contributed by atoms with Gasteiger partial charge in [0.25, 0.3) is 0 Å². The summed E-state index contributed by atoms with van der Waals surface area (Å²) >= 11 is 0. The van der Waals surface area contributed by atoms with Crippen LogP contribution in [-0.4, -0.2) is 26.5 Å². The third kappa shape index (κ3) is 2.87. The fraction of sp³-hybridized carbons (Fsp3) is 0.222. The molecule has 0 saturated heterocycles. The van der Waals surface area contributed by atoms with Crippen molar-refractivity contribution in [3.63, 3.8) is 0 Å². The van der Waals surface area contributed by atoms with E-state index >= 15 is 0 Å². The van der Waals surface area contributed by atoms with Crippen LogP contribution in [0.5, 0.6) is 0 Å². The number of fused-ring (bicyclic) bond motifs is 2. The predicted molar refractivity (Wildman–Crippen MR) is 97.3 cm³/mol. The van der Waals surface area contributed by atoms with Gasteiger partial charge in [0, 0.05) is 0 Å². The van der Waals surface area contributed by atoms with Gasteiger partial charge in [-0.2, -0.15) is 0 Å². The molecule has 0 bridgehead atoms. The van der Waals surface area contributed by atoms with E-state index in [-0.39, 0.29) is 32.7 Å². The van der Waals surface area contributed by atoms with Crippen LogP contribution in [0.1, 0.15) is 35.7 Å². The minimum atomic E-state index is -3.76. The van der Waals surface area contributed by atoms with Crippen molar-refractivity contribution >= 4 is 37.9 Å². The molecule has 1 heterocycles. The Morgan fingerprint density at radius 3 is 2.42 bits per heavy atom. The van der Waals surface area contributed by atoms with Gasteiger partial charge in [0.2, 0.25) is 15.5 Å². The number of rotatable bonds is 4. The summed E-state index contributed by atoms with van der Waals surface area (Å²) in [7, 11) is -2.47. The molecule has 0 amide bonds. The summed E-state index contributed by atoms with van der Waals surface area (Å²) in [6.45, 7) is 3.73. The summed E-state index contributed by atoms with van der Waals surface area (Å²) in [4.78, 5) is 24.1. The molecule has 0 aliphatic heterocycles. The molecule has 26 heavy (non-hydrogen) atoms. The lowest BCUT2D eigenvalue weighted by molar-refractivity contribution is 0.0697. The topological polar surface area (TPSA) is 114 Å². The third-order valence-electron chi connectivity index (χ3n) is 4.22. The van der Waals surface area contributed by atoms with Gasteiger partial charge < -0.3 is 9.52 Å². The molecule has 2 N–H and O–H groups in total. The predicted octanol–water partition coefficient (Wildman–Crippen LogP) is 2.68. The lowest BCUT2D eigenvalue weighted by atomic mass is 9.99. The van der Waals surface area contributed by atoms with Crippen molar-refractivity contribution in [2.75, 3.05) is 7.05 Å². The summed E-state index contributed by atoms with van der Waals surface area (Å²) in [6.07, 6.45) is 0. The van der Waals surface area contributed by atoms with Crippen LogP contribution in [0.4, 0.5) is 0 Å². The van der Waals surface area contributed by atoms with E-state index < -0.39 is 21.4 Å². The zero-order chi connectivity index (χ0) is 19.2. The van der Waals surface area contributed by atoms with Crippen molar-refractivity contribution in [3.8, 4) is 0 Å². The van der Waals surface area contributed by atoms with Crippen molar-refractivity contribution in [2.24, 2.45) is 0 Å². The van der Waals surface area contributed by atoms with Gasteiger partial charge >= 0.3 is 5.97 Å². The van der Waals surface area contributed by atoms with E-state index in [0.29, 0.717) is 11.1 Å². The molecule has 3 rings (SSSR count). The number of aromatic carboxylic acids is 1. The second-order valence-corrected chi connectivity index (χ2v) is 8.09. The standard InChI is InChI=1S/C18H17NO6S/c1-9(2)12-7-11(26(23,24)19-3)8-14-16(20)13-6-10(18(21)22)4-5-15(13)25-17(12)14/h4-9,19H,1-3H3,(H,21,22). The molecule has 3 aromatic rings. The molecular formula is C18H17NO6S. The average Bonchev–Trinajstić information content (AvgIpc) is 2.60. The number of carboxylic acids is 1. The van der Waals surface area contributed by atoms with Crippen LogP contribution in [0.2, 0.25) is 0 Å². The number of hydrogen-bond donors (Lipinski definition) is 2. The van der Waals surface area contributed by atoms with Gasteiger partial charge in [0.1, 0.15) is 11.2 Å². The number of carbonyl (C=O) groups is 1. The second-order valence-electron chi connectivity index (χ2n) is 6.20. The molecule has 0 atom stereocenters. The maximum Gasteiger partial charge on any atom is 0.335 e. The molecule has 0 aliphatic carbocycles. The maximum absolute atomic E-state index is 12.9. The van der Waals surface area contributed by atoms with Gasteiger partial charge in [0.05, 0.1) is 21.2 Å². The molecule has 2 aromatic carbocycles. The van der Waals surface area contributed by atoms with Crippen molar-refractivity contribution < 1.29 is 22.7 Å². The molecule has 0 unspecified atom stereocenters. The molecule has 0 saturated carbocycles. The first-order valence-corrected chi connectivity index (χ1v) is 9.35. The lowest BCUT2D eigenvalue weighted by Gasteiger charge is -2.13. The van der Waals surface area contributed by atoms with E-state index in [1.807, 2.05) is 13.8 Å². The third-order valence-corrected chi connectivity index (χ3v) is 5.61. The number of benzene rings is 2. The Hall–Kier alpha value is -2.71. The summed E-state index contributed by atoms with van der Waals surface area (Å²) in [5.41, 5.74) is 0.610. The van der Waals surface area contributed by atoms with Crippen LogP contribution in [-0.2, 0) is 10.0 Å². The minimum Gasteiger partial charge on any atom is -0.478 e. The van der Waals surface area contributed by atoms with Gasteiger partial charge in [0.15, 0.2) is 0 Å². The highest BCUT2D eigenvalue weighted by molar-refractivity contribution is 7.89. The minimum absolute atomic E-state index is 0.0442. The highest BCUT2D eigenvalue weighted by Crippen LogP contribution is 2.30. The molecule has 7 nitrogen and oxygen atoms in total. The van der Waals surface area contributed by atoms with Gasteiger partial charge in [-0.05, 0) is 48.9 Å². The number of nitrogens with one attached hydrogen (secondary N) is 1. The van der Waals surface area contributed by atoms with Gasteiger partial charge in [-0.25, -0.2) is 17.9 Å². The highest BCUT2D eigenvalue weighted by Gasteiger charge is 2.20. The SMILES string of the molecule is CNS(=O)(=O)c1cc(C(C)C)c2oc3ccc(C(=O)O)cc3c(=O)c2c1. The van der Waals surface area contributed by atoms with E-state index in [0.717, 1.165) is 0 Å². The Labute approximate surface area is 149 Å². The Bertz CT molecular complexity index is 1210. The Kier molecular flexibility index (Phi) is 4.33. The first-order chi connectivity index (χ1) is 12.2. The van der Waals surface area contributed by atoms with Gasteiger partial charge in [-0.3, -0.25) is 4.79 Å². The molecule has 0 spiro atoms. The zero-order valence-electron chi connectivity index (χ0n) is 14.4. The van der Waals surface area contributed by atoms with Crippen molar-refractivity contribution in [1.29, 1.82) is 0 Å². The molecule has 136 valence electrons. The molecular weight excluding hydrogens is 358 g/mol. The number of sulfonamides is 1. The summed E-state index contributed by atoms with van der Waals surface area (Å²) in [5, 5.41) is 9.31.